The molecule has 1 atom stereocenters. The van der Waals surface area contributed by atoms with Crippen LogP contribution in [-0.4, -0.2) is 27.5 Å². The Morgan fingerprint density at radius 1 is 1.18 bits per heavy atom. The highest BCUT2D eigenvalue weighted by Crippen LogP contribution is 2.22. The number of aromatic nitrogens is 2. The molecule has 0 aliphatic carbocycles. The maximum absolute atomic E-state index is 13.0. The first kappa shape index (κ1) is 18.9. The van der Waals surface area contributed by atoms with E-state index in [0.717, 1.165) is 25.3 Å². The molecular formula is C16H22Cl2FN3. The molecule has 2 heterocycles. The van der Waals surface area contributed by atoms with Gasteiger partial charge in [0.05, 0.1) is 6.54 Å². The molecule has 3 nitrogen and oxygen atoms in total. The summed E-state index contributed by atoms with van der Waals surface area (Å²) >= 11 is 0. The second kappa shape index (κ2) is 9.13. The monoisotopic (exact) mass is 345 g/mol. The van der Waals surface area contributed by atoms with Gasteiger partial charge in [0.25, 0.3) is 0 Å². The lowest BCUT2D eigenvalue weighted by Gasteiger charge is -2.35. The van der Waals surface area contributed by atoms with Crippen molar-refractivity contribution in [3.05, 3.63) is 53.9 Å². The number of imidazole rings is 1. The zero-order valence-corrected chi connectivity index (χ0v) is 14.0. The number of halogens is 3. The number of hydrogen-bond donors (Lipinski definition) is 1. The lowest BCUT2D eigenvalue weighted by atomic mass is 9.95. The van der Waals surface area contributed by atoms with Crippen LogP contribution in [0.2, 0.25) is 0 Å². The van der Waals surface area contributed by atoms with E-state index in [1.54, 1.807) is 18.3 Å². The van der Waals surface area contributed by atoms with Crippen LogP contribution >= 0.6 is 24.8 Å². The van der Waals surface area contributed by atoms with Crippen LogP contribution in [0.1, 0.15) is 30.7 Å². The average Bonchev–Trinajstić information content (AvgIpc) is 2.96. The summed E-state index contributed by atoms with van der Waals surface area (Å²) in [5, 5.41) is 0. The Bertz CT molecular complexity index is 531. The van der Waals surface area contributed by atoms with Gasteiger partial charge >= 0.3 is 0 Å². The number of likely N-dealkylation sites (tertiary alicyclic amines) is 1. The van der Waals surface area contributed by atoms with Gasteiger partial charge in [0.15, 0.2) is 0 Å². The molecule has 1 aromatic carbocycles. The number of piperidine rings is 1. The third-order valence-electron chi connectivity index (χ3n) is 4.04. The van der Waals surface area contributed by atoms with Gasteiger partial charge < -0.3 is 4.98 Å². The lowest BCUT2D eigenvalue weighted by molar-refractivity contribution is 0.136. The smallest absolute Gasteiger partial charge is 0.123 e. The predicted molar refractivity (Wildman–Crippen MR) is 91.2 cm³/mol. The van der Waals surface area contributed by atoms with E-state index in [1.165, 1.54) is 24.8 Å². The molecule has 1 unspecified atom stereocenters. The fourth-order valence-corrected chi connectivity index (χ4v) is 2.97. The summed E-state index contributed by atoms with van der Waals surface area (Å²) in [7, 11) is 0. The molecule has 1 aliphatic rings. The van der Waals surface area contributed by atoms with Crippen molar-refractivity contribution in [3.63, 3.8) is 0 Å². The largest absolute Gasteiger partial charge is 0.348 e. The third kappa shape index (κ3) is 4.97. The van der Waals surface area contributed by atoms with Crippen molar-refractivity contribution in [2.24, 2.45) is 0 Å². The van der Waals surface area contributed by atoms with Crippen LogP contribution < -0.4 is 0 Å². The highest BCUT2D eigenvalue weighted by Gasteiger charge is 2.23. The van der Waals surface area contributed by atoms with Gasteiger partial charge in [-0.1, -0.05) is 18.6 Å². The Morgan fingerprint density at radius 3 is 2.64 bits per heavy atom. The molecule has 0 spiro atoms. The normalized spacial score (nSPS) is 18.3. The van der Waals surface area contributed by atoms with Crippen molar-refractivity contribution >= 4 is 24.8 Å². The fourth-order valence-electron chi connectivity index (χ4n) is 2.97. The Morgan fingerprint density at radius 2 is 1.95 bits per heavy atom. The van der Waals surface area contributed by atoms with E-state index in [1.807, 2.05) is 18.3 Å². The van der Waals surface area contributed by atoms with Crippen molar-refractivity contribution in [1.29, 1.82) is 0 Å². The average molecular weight is 346 g/mol. The molecule has 6 heteroatoms. The van der Waals surface area contributed by atoms with Gasteiger partial charge in [-0.15, -0.1) is 24.8 Å². The summed E-state index contributed by atoms with van der Waals surface area (Å²) in [6.07, 6.45) is 8.39. The lowest BCUT2D eigenvalue weighted by Crippen LogP contribution is -2.40. The van der Waals surface area contributed by atoms with Crippen LogP contribution in [0.25, 0.3) is 0 Å². The minimum Gasteiger partial charge on any atom is -0.348 e. The molecule has 1 aliphatic heterocycles. The number of H-pyrrole nitrogens is 1. The molecule has 1 fully saturated rings. The van der Waals surface area contributed by atoms with Gasteiger partial charge in [-0.05, 0) is 43.5 Å². The molecule has 1 N–H and O–H groups in total. The summed E-state index contributed by atoms with van der Waals surface area (Å²) < 4.78 is 13.0. The molecule has 0 bridgehead atoms. The van der Waals surface area contributed by atoms with Gasteiger partial charge in [0.1, 0.15) is 11.6 Å². The van der Waals surface area contributed by atoms with Gasteiger partial charge in [-0.25, -0.2) is 9.37 Å². The second-order valence-corrected chi connectivity index (χ2v) is 5.49. The molecular weight excluding hydrogens is 324 g/mol. The van der Waals surface area contributed by atoms with Crippen LogP contribution in [0.15, 0.2) is 36.7 Å². The highest BCUT2D eigenvalue weighted by atomic mass is 35.5. The quantitative estimate of drug-likeness (QED) is 0.908. The van der Waals surface area contributed by atoms with Crippen LogP contribution in [0.3, 0.4) is 0 Å². The third-order valence-corrected chi connectivity index (χ3v) is 4.04. The van der Waals surface area contributed by atoms with E-state index in [-0.39, 0.29) is 30.6 Å². The molecule has 0 saturated carbocycles. The molecule has 0 radical (unpaired) electrons. The zero-order valence-electron chi connectivity index (χ0n) is 12.4. The van der Waals surface area contributed by atoms with E-state index < -0.39 is 0 Å². The summed E-state index contributed by atoms with van der Waals surface area (Å²) in [4.78, 5) is 9.98. The van der Waals surface area contributed by atoms with Gasteiger partial charge in [-0.3, -0.25) is 4.90 Å². The summed E-state index contributed by atoms with van der Waals surface area (Å²) in [6.45, 7) is 1.99. The minimum atomic E-state index is -0.162. The number of hydrogen-bond acceptors (Lipinski definition) is 2. The number of rotatable bonds is 4. The molecule has 22 heavy (non-hydrogen) atoms. The van der Waals surface area contributed by atoms with E-state index in [2.05, 4.69) is 14.9 Å². The van der Waals surface area contributed by atoms with Gasteiger partial charge in [0, 0.05) is 18.4 Å². The first-order chi connectivity index (χ1) is 9.81. The van der Waals surface area contributed by atoms with Crippen molar-refractivity contribution in [2.75, 3.05) is 6.54 Å². The summed E-state index contributed by atoms with van der Waals surface area (Å²) in [5.74, 6) is 0.862. The highest BCUT2D eigenvalue weighted by molar-refractivity contribution is 5.85. The first-order valence-electron chi connectivity index (χ1n) is 7.28. The number of nitrogens with zero attached hydrogens (tertiary/aromatic N) is 2. The van der Waals surface area contributed by atoms with Gasteiger partial charge in [-0.2, -0.15) is 0 Å². The first-order valence-corrected chi connectivity index (χ1v) is 7.28. The SMILES string of the molecule is Cl.Cl.Fc1ccc(CC2CCCCN2Cc2ncc[nH]2)cc1. The maximum Gasteiger partial charge on any atom is 0.123 e. The Balaban J connectivity index is 0.00000121. The molecule has 122 valence electrons. The van der Waals surface area contributed by atoms with Crippen molar-refractivity contribution in [2.45, 2.75) is 38.3 Å². The molecule has 2 aromatic rings. The van der Waals surface area contributed by atoms with Crippen LogP contribution in [0.4, 0.5) is 4.39 Å². The number of nitrogens with one attached hydrogen (secondary N) is 1. The topological polar surface area (TPSA) is 31.9 Å². The fraction of sp³-hybridized carbons (Fsp3) is 0.438. The van der Waals surface area contributed by atoms with Gasteiger partial charge in [0.2, 0.25) is 0 Å². The zero-order chi connectivity index (χ0) is 13.8. The van der Waals surface area contributed by atoms with E-state index in [9.17, 15) is 4.39 Å². The molecule has 1 aromatic heterocycles. The van der Waals surface area contributed by atoms with Crippen LogP contribution in [0.5, 0.6) is 0 Å². The summed E-state index contributed by atoms with van der Waals surface area (Å²) in [6, 6.07) is 7.42. The number of benzene rings is 1. The van der Waals surface area contributed by atoms with Crippen molar-refractivity contribution in [1.82, 2.24) is 14.9 Å². The predicted octanol–water partition coefficient (Wildman–Crippen LogP) is 3.99. The van der Waals surface area contributed by atoms with Crippen LogP contribution in [0, 0.1) is 5.82 Å². The van der Waals surface area contributed by atoms with Crippen molar-refractivity contribution in [3.8, 4) is 0 Å². The summed E-state index contributed by atoms with van der Waals surface area (Å²) in [5.41, 5.74) is 1.21. The molecule has 3 rings (SSSR count). The Kier molecular flexibility index (Phi) is 7.87. The van der Waals surface area contributed by atoms with E-state index in [0.29, 0.717) is 6.04 Å². The van der Waals surface area contributed by atoms with E-state index >= 15 is 0 Å². The standard InChI is InChI=1S/C16H20FN3.2ClH/c17-14-6-4-13(5-7-14)11-15-3-1-2-10-20(15)12-16-18-8-9-19-16;;/h4-9,15H,1-3,10-12H2,(H,18,19);2*1H. The Labute approximate surface area is 143 Å². The minimum absolute atomic E-state index is 0. The molecule has 0 amide bonds. The van der Waals surface area contributed by atoms with E-state index in [4.69, 9.17) is 0 Å². The Hall–Kier alpha value is -1.10. The number of aromatic amines is 1. The van der Waals surface area contributed by atoms with Crippen LogP contribution in [-0.2, 0) is 13.0 Å². The maximum atomic E-state index is 13.0. The second-order valence-electron chi connectivity index (χ2n) is 5.49. The van der Waals surface area contributed by atoms with Crippen molar-refractivity contribution < 1.29 is 4.39 Å². The molecule has 1 saturated heterocycles.